The van der Waals surface area contributed by atoms with E-state index < -0.39 is 11.9 Å². The van der Waals surface area contributed by atoms with Gasteiger partial charge in [-0.05, 0) is 23.6 Å². The lowest BCUT2D eigenvalue weighted by molar-refractivity contribution is -0.149. The van der Waals surface area contributed by atoms with E-state index in [4.69, 9.17) is 21.1 Å². The van der Waals surface area contributed by atoms with Crippen LogP contribution < -0.4 is 10.1 Å². The molecule has 1 N–H and O–H groups in total. The third-order valence-electron chi connectivity index (χ3n) is 2.47. The minimum Gasteiger partial charge on any atom is -0.495 e. The molecule has 0 saturated carbocycles. The van der Waals surface area contributed by atoms with E-state index in [2.05, 4.69) is 5.32 Å². The highest BCUT2D eigenvalue weighted by molar-refractivity contribution is 6.31. The number of esters is 1. The van der Waals surface area contributed by atoms with Gasteiger partial charge in [0.05, 0.1) is 19.2 Å². The largest absolute Gasteiger partial charge is 0.495 e. The van der Waals surface area contributed by atoms with Crippen molar-refractivity contribution in [2.75, 3.05) is 19.0 Å². The van der Waals surface area contributed by atoms with Gasteiger partial charge in [-0.15, -0.1) is 0 Å². The molecule has 0 radical (unpaired) electrons. The molecule has 0 aliphatic carbocycles. The second-order valence-corrected chi connectivity index (χ2v) is 6.23. The number of benzene rings is 1. The molecule has 1 aromatic carbocycles. The molecule has 21 heavy (non-hydrogen) atoms. The number of halogens is 1. The van der Waals surface area contributed by atoms with Gasteiger partial charge in [0, 0.05) is 5.02 Å². The third kappa shape index (κ3) is 6.49. The summed E-state index contributed by atoms with van der Waals surface area (Å²) in [6.45, 7) is 5.42. The number of ether oxygens (including phenoxy) is 2. The molecule has 1 aromatic rings. The minimum absolute atomic E-state index is 0.177. The van der Waals surface area contributed by atoms with E-state index in [-0.39, 0.29) is 18.4 Å². The first-order valence-electron chi connectivity index (χ1n) is 6.50. The number of carbonyl (C=O) groups is 2. The van der Waals surface area contributed by atoms with Crippen LogP contribution in [0.2, 0.25) is 5.02 Å². The van der Waals surface area contributed by atoms with Gasteiger partial charge in [-0.2, -0.15) is 0 Å². The fourth-order valence-electron chi connectivity index (χ4n) is 1.59. The van der Waals surface area contributed by atoms with Crippen LogP contribution >= 0.6 is 11.6 Å². The number of carbonyl (C=O) groups excluding carboxylic acids is 2. The average Bonchev–Trinajstić information content (AvgIpc) is 2.35. The van der Waals surface area contributed by atoms with Crippen molar-refractivity contribution in [3.8, 4) is 5.75 Å². The van der Waals surface area contributed by atoms with Crippen LogP contribution in [0.5, 0.6) is 5.75 Å². The maximum absolute atomic E-state index is 11.8. The van der Waals surface area contributed by atoms with Crippen LogP contribution in [-0.4, -0.2) is 25.6 Å². The molecule has 0 unspecified atom stereocenters. The summed E-state index contributed by atoms with van der Waals surface area (Å²) < 4.78 is 10.0. The molecule has 5 nitrogen and oxygen atoms in total. The second kappa shape index (κ2) is 7.31. The SMILES string of the molecule is COc1ccc(Cl)cc1NC(=O)COC(=O)CC(C)(C)C. The Balaban J connectivity index is 2.55. The third-order valence-corrected chi connectivity index (χ3v) is 2.71. The Labute approximate surface area is 129 Å². The molecule has 0 spiro atoms. The van der Waals surface area contributed by atoms with Gasteiger partial charge in [0.25, 0.3) is 5.91 Å². The normalized spacial score (nSPS) is 10.9. The molecule has 0 aromatic heterocycles. The minimum atomic E-state index is -0.446. The zero-order valence-electron chi connectivity index (χ0n) is 12.7. The predicted octanol–water partition coefficient (Wildman–Crippen LogP) is 3.27. The average molecular weight is 314 g/mol. The number of anilines is 1. The van der Waals surface area contributed by atoms with E-state index in [1.54, 1.807) is 18.2 Å². The standard InChI is InChI=1S/C15H20ClNO4/c1-15(2,3)8-14(19)21-9-13(18)17-11-7-10(16)5-6-12(11)20-4/h5-7H,8-9H2,1-4H3,(H,17,18). The summed E-state index contributed by atoms with van der Waals surface area (Å²) in [6.07, 6.45) is 0.251. The van der Waals surface area contributed by atoms with Crippen molar-refractivity contribution in [3.05, 3.63) is 23.2 Å². The van der Waals surface area contributed by atoms with Gasteiger partial charge in [0.1, 0.15) is 5.75 Å². The van der Waals surface area contributed by atoms with Crippen LogP contribution in [0.3, 0.4) is 0 Å². The number of amides is 1. The molecular weight excluding hydrogens is 294 g/mol. The van der Waals surface area contributed by atoms with Crippen molar-refractivity contribution in [1.82, 2.24) is 0 Å². The molecule has 0 fully saturated rings. The summed E-state index contributed by atoms with van der Waals surface area (Å²) in [4.78, 5) is 23.3. The highest BCUT2D eigenvalue weighted by Gasteiger charge is 2.18. The molecule has 6 heteroatoms. The van der Waals surface area contributed by atoms with E-state index >= 15 is 0 Å². The topological polar surface area (TPSA) is 64.6 Å². The quantitative estimate of drug-likeness (QED) is 0.847. The van der Waals surface area contributed by atoms with Crippen molar-refractivity contribution in [3.63, 3.8) is 0 Å². The highest BCUT2D eigenvalue weighted by atomic mass is 35.5. The molecule has 1 rings (SSSR count). The Bertz CT molecular complexity index is 523. The van der Waals surface area contributed by atoms with Crippen molar-refractivity contribution >= 4 is 29.2 Å². The van der Waals surface area contributed by atoms with Crippen LogP contribution in [0.15, 0.2) is 18.2 Å². The molecule has 1 amide bonds. The number of rotatable bonds is 5. The van der Waals surface area contributed by atoms with Gasteiger partial charge < -0.3 is 14.8 Å². The maximum Gasteiger partial charge on any atom is 0.306 e. The summed E-state index contributed by atoms with van der Waals surface area (Å²) in [7, 11) is 1.49. The zero-order chi connectivity index (χ0) is 16.0. The van der Waals surface area contributed by atoms with E-state index in [9.17, 15) is 9.59 Å². The lowest BCUT2D eigenvalue weighted by atomic mass is 9.92. The fraction of sp³-hybridized carbons (Fsp3) is 0.467. The zero-order valence-corrected chi connectivity index (χ0v) is 13.4. The molecule has 0 aliphatic rings. The lowest BCUT2D eigenvalue weighted by Crippen LogP contribution is -2.23. The molecule has 0 saturated heterocycles. The monoisotopic (exact) mass is 313 g/mol. The first kappa shape index (κ1) is 17.3. The Morgan fingerprint density at radius 3 is 2.52 bits per heavy atom. The van der Waals surface area contributed by atoms with Gasteiger partial charge >= 0.3 is 5.97 Å². The summed E-state index contributed by atoms with van der Waals surface area (Å²) in [5.74, 6) is -0.373. The Kier molecular flexibility index (Phi) is 6.03. The van der Waals surface area contributed by atoms with Crippen LogP contribution in [-0.2, 0) is 14.3 Å². The van der Waals surface area contributed by atoms with Crippen molar-refractivity contribution in [1.29, 1.82) is 0 Å². The first-order chi connectivity index (χ1) is 9.71. The maximum atomic E-state index is 11.8. The van der Waals surface area contributed by atoms with Gasteiger partial charge in [-0.25, -0.2) is 0 Å². The number of hydrogen-bond acceptors (Lipinski definition) is 4. The second-order valence-electron chi connectivity index (χ2n) is 5.79. The Morgan fingerprint density at radius 1 is 1.29 bits per heavy atom. The van der Waals surface area contributed by atoms with Crippen LogP contribution in [0.1, 0.15) is 27.2 Å². The smallest absolute Gasteiger partial charge is 0.306 e. The molecule has 0 heterocycles. The Morgan fingerprint density at radius 2 is 1.95 bits per heavy atom. The van der Waals surface area contributed by atoms with E-state index in [0.717, 1.165) is 0 Å². The number of nitrogens with one attached hydrogen (secondary N) is 1. The van der Waals surface area contributed by atoms with Gasteiger partial charge in [0.2, 0.25) is 0 Å². The van der Waals surface area contributed by atoms with Crippen LogP contribution in [0.25, 0.3) is 0 Å². The molecule has 116 valence electrons. The van der Waals surface area contributed by atoms with E-state index in [0.29, 0.717) is 16.5 Å². The molecular formula is C15H20ClNO4. The van der Waals surface area contributed by atoms with Gasteiger partial charge in [-0.3, -0.25) is 9.59 Å². The summed E-state index contributed by atoms with van der Waals surface area (Å²) in [5.41, 5.74) is 0.255. The summed E-state index contributed by atoms with van der Waals surface area (Å²) in [5, 5.41) is 3.06. The van der Waals surface area contributed by atoms with Gasteiger partial charge in [0.15, 0.2) is 6.61 Å². The van der Waals surface area contributed by atoms with E-state index in [1.807, 2.05) is 20.8 Å². The van der Waals surface area contributed by atoms with Gasteiger partial charge in [-0.1, -0.05) is 32.4 Å². The first-order valence-corrected chi connectivity index (χ1v) is 6.88. The number of hydrogen-bond donors (Lipinski definition) is 1. The van der Waals surface area contributed by atoms with Crippen molar-refractivity contribution in [2.45, 2.75) is 27.2 Å². The van der Waals surface area contributed by atoms with Crippen molar-refractivity contribution in [2.24, 2.45) is 5.41 Å². The molecule has 0 aliphatic heterocycles. The summed E-state index contributed by atoms with van der Waals surface area (Å²) in [6, 6.07) is 4.86. The van der Waals surface area contributed by atoms with Crippen LogP contribution in [0, 0.1) is 5.41 Å². The lowest BCUT2D eigenvalue weighted by Gasteiger charge is -2.16. The molecule has 0 atom stereocenters. The highest BCUT2D eigenvalue weighted by Crippen LogP contribution is 2.27. The number of methoxy groups -OCH3 is 1. The predicted molar refractivity (Wildman–Crippen MR) is 81.7 cm³/mol. The fourth-order valence-corrected chi connectivity index (χ4v) is 1.77. The molecule has 0 bridgehead atoms. The summed E-state index contributed by atoms with van der Waals surface area (Å²) >= 11 is 5.87. The Hall–Kier alpha value is -1.75. The van der Waals surface area contributed by atoms with E-state index in [1.165, 1.54) is 7.11 Å². The van der Waals surface area contributed by atoms with Crippen molar-refractivity contribution < 1.29 is 19.1 Å². The van der Waals surface area contributed by atoms with Crippen LogP contribution in [0.4, 0.5) is 5.69 Å².